The number of hydrogen-bond acceptors (Lipinski definition) is 5. The van der Waals surface area contributed by atoms with Gasteiger partial charge in [-0.2, -0.15) is 0 Å². The molecule has 16 heavy (non-hydrogen) atoms. The molecule has 0 aliphatic rings. The first-order valence-corrected chi connectivity index (χ1v) is 5.02. The van der Waals surface area contributed by atoms with E-state index in [4.69, 9.17) is 19.9 Å². The van der Waals surface area contributed by atoms with Crippen molar-refractivity contribution in [2.75, 3.05) is 39.3 Å². The molecule has 0 bridgehead atoms. The third kappa shape index (κ3) is 3.96. The topological polar surface area (TPSA) is 73.9 Å². The smallest absolute Gasteiger partial charge is 0.146 e. The van der Waals surface area contributed by atoms with Crippen LogP contribution in [0.3, 0.4) is 0 Å². The molecule has 0 saturated heterocycles. The van der Waals surface area contributed by atoms with Gasteiger partial charge in [-0.1, -0.05) is 6.07 Å². The van der Waals surface area contributed by atoms with Crippen LogP contribution in [0.25, 0.3) is 0 Å². The molecule has 1 aromatic carbocycles. The highest BCUT2D eigenvalue weighted by atomic mass is 16.5. The van der Waals surface area contributed by atoms with Crippen molar-refractivity contribution in [3.8, 4) is 11.5 Å². The number of phenols is 1. The number of para-hydroxylation sites is 1. The van der Waals surface area contributed by atoms with Crippen LogP contribution in [0.1, 0.15) is 0 Å². The number of benzene rings is 1. The van der Waals surface area contributed by atoms with Crippen molar-refractivity contribution in [1.82, 2.24) is 0 Å². The second-order valence-corrected chi connectivity index (χ2v) is 3.14. The molecule has 0 atom stereocenters. The number of methoxy groups -OCH3 is 1. The molecule has 0 heterocycles. The molecule has 90 valence electrons. The van der Waals surface area contributed by atoms with Gasteiger partial charge in [0.2, 0.25) is 0 Å². The molecule has 0 aliphatic heterocycles. The molecule has 1 rings (SSSR count). The van der Waals surface area contributed by atoms with E-state index in [0.29, 0.717) is 32.2 Å². The van der Waals surface area contributed by atoms with Gasteiger partial charge in [0.1, 0.15) is 23.8 Å². The van der Waals surface area contributed by atoms with Gasteiger partial charge >= 0.3 is 0 Å². The van der Waals surface area contributed by atoms with Crippen molar-refractivity contribution in [1.29, 1.82) is 0 Å². The molecule has 3 N–H and O–H groups in total. The molecule has 0 aliphatic carbocycles. The van der Waals surface area contributed by atoms with E-state index in [0.717, 1.165) is 0 Å². The predicted octanol–water partition coefficient (Wildman–Crippen LogP) is 1.02. The molecule has 0 saturated carbocycles. The average molecular weight is 227 g/mol. The van der Waals surface area contributed by atoms with Gasteiger partial charge in [-0.15, -0.1) is 0 Å². The normalized spacial score (nSPS) is 10.3. The summed E-state index contributed by atoms with van der Waals surface area (Å²) >= 11 is 0. The minimum absolute atomic E-state index is 0.0257. The zero-order chi connectivity index (χ0) is 11.8. The van der Waals surface area contributed by atoms with Gasteiger partial charge < -0.3 is 25.1 Å². The van der Waals surface area contributed by atoms with Crippen molar-refractivity contribution in [3.05, 3.63) is 18.2 Å². The van der Waals surface area contributed by atoms with Crippen molar-refractivity contribution >= 4 is 5.69 Å². The third-order valence-corrected chi connectivity index (χ3v) is 1.96. The number of phenolic OH excluding ortho intramolecular Hbond substituents is 1. The lowest BCUT2D eigenvalue weighted by Crippen LogP contribution is -2.10. The molecule has 5 heteroatoms. The Morgan fingerprint density at radius 2 is 1.94 bits per heavy atom. The number of nitrogens with two attached hydrogens (primary N) is 1. The first-order chi connectivity index (χ1) is 7.75. The SMILES string of the molecule is COCCOCCOc1cccc(O)c1N. The van der Waals surface area contributed by atoms with Crippen LogP contribution in [0.5, 0.6) is 11.5 Å². The van der Waals surface area contributed by atoms with Crippen LogP contribution in [0, 0.1) is 0 Å². The minimum Gasteiger partial charge on any atom is -0.506 e. The molecular formula is C11H17NO4. The van der Waals surface area contributed by atoms with Crippen LogP contribution in [0.2, 0.25) is 0 Å². The summed E-state index contributed by atoms with van der Waals surface area (Å²) in [6.07, 6.45) is 0. The lowest BCUT2D eigenvalue weighted by molar-refractivity contribution is 0.0545. The maximum absolute atomic E-state index is 9.32. The molecule has 0 fully saturated rings. The first kappa shape index (κ1) is 12.6. The standard InChI is InChI=1S/C11H17NO4/c1-14-5-6-15-7-8-16-10-4-2-3-9(13)11(10)12/h2-4,13H,5-8,12H2,1H3. The predicted molar refractivity (Wildman–Crippen MR) is 60.7 cm³/mol. The highest BCUT2D eigenvalue weighted by Gasteiger charge is 2.03. The van der Waals surface area contributed by atoms with Crippen LogP contribution < -0.4 is 10.5 Å². The molecule has 5 nitrogen and oxygen atoms in total. The summed E-state index contributed by atoms with van der Waals surface area (Å²) in [5.74, 6) is 0.494. The monoisotopic (exact) mass is 227 g/mol. The molecule has 0 spiro atoms. The quantitative estimate of drug-likeness (QED) is 0.413. The van der Waals surface area contributed by atoms with Crippen LogP contribution in [0.15, 0.2) is 18.2 Å². The zero-order valence-corrected chi connectivity index (χ0v) is 9.31. The Morgan fingerprint density at radius 3 is 2.69 bits per heavy atom. The number of anilines is 1. The maximum atomic E-state index is 9.32. The summed E-state index contributed by atoms with van der Waals surface area (Å²) < 4.78 is 15.4. The van der Waals surface area contributed by atoms with Crippen LogP contribution >= 0.6 is 0 Å². The maximum Gasteiger partial charge on any atom is 0.146 e. The van der Waals surface area contributed by atoms with Gasteiger partial charge in [0.25, 0.3) is 0 Å². The van der Waals surface area contributed by atoms with E-state index in [1.54, 1.807) is 19.2 Å². The van der Waals surface area contributed by atoms with Crippen LogP contribution in [-0.2, 0) is 9.47 Å². The zero-order valence-electron chi connectivity index (χ0n) is 9.31. The van der Waals surface area contributed by atoms with Gasteiger partial charge in [-0.05, 0) is 12.1 Å². The Labute approximate surface area is 94.7 Å². The van der Waals surface area contributed by atoms with E-state index in [2.05, 4.69) is 0 Å². The van der Waals surface area contributed by atoms with E-state index < -0.39 is 0 Å². The highest BCUT2D eigenvalue weighted by Crippen LogP contribution is 2.29. The summed E-state index contributed by atoms with van der Waals surface area (Å²) in [5.41, 5.74) is 5.86. The van der Waals surface area contributed by atoms with Crippen molar-refractivity contribution in [2.24, 2.45) is 0 Å². The molecule has 0 unspecified atom stereocenters. The molecular weight excluding hydrogens is 210 g/mol. The minimum atomic E-state index is 0.0257. The number of aromatic hydroxyl groups is 1. The van der Waals surface area contributed by atoms with Crippen molar-refractivity contribution < 1.29 is 19.3 Å². The fourth-order valence-corrected chi connectivity index (χ4v) is 1.11. The Morgan fingerprint density at radius 1 is 1.19 bits per heavy atom. The number of ether oxygens (including phenoxy) is 3. The summed E-state index contributed by atoms with van der Waals surface area (Å²) in [7, 11) is 1.62. The summed E-state index contributed by atoms with van der Waals surface area (Å²) in [4.78, 5) is 0. The van der Waals surface area contributed by atoms with Crippen LogP contribution in [-0.4, -0.2) is 38.6 Å². The van der Waals surface area contributed by atoms with E-state index in [-0.39, 0.29) is 11.4 Å². The van der Waals surface area contributed by atoms with Gasteiger partial charge in [0, 0.05) is 7.11 Å². The number of hydrogen-bond donors (Lipinski definition) is 2. The lowest BCUT2D eigenvalue weighted by atomic mass is 10.3. The molecule has 0 amide bonds. The van der Waals surface area contributed by atoms with Gasteiger partial charge in [-0.25, -0.2) is 0 Å². The number of rotatable bonds is 7. The first-order valence-electron chi connectivity index (χ1n) is 5.02. The van der Waals surface area contributed by atoms with Gasteiger partial charge in [0.15, 0.2) is 0 Å². The Bertz CT molecular complexity index is 317. The molecule has 1 aromatic rings. The van der Waals surface area contributed by atoms with Gasteiger partial charge in [-0.3, -0.25) is 0 Å². The number of nitrogen functional groups attached to an aromatic ring is 1. The Balaban J connectivity index is 2.24. The molecule has 0 aromatic heterocycles. The fourth-order valence-electron chi connectivity index (χ4n) is 1.11. The van der Waals surface area contributed by atoms with Gasteiger partial charge in [0.05, 0.1) is 19.8 Å². The van der Waals surface area contributed by atoms with E-state index in [9.17, 15) is 5.11 Å². The highest BCUT2D eigenvalue weighted by molar-refractivity contribution is 5.61. The van der Waals surface area contributed by atoms with Crippen LogP contribution in [0.4, 0.5) is 5.69 Å². The largest absolute Gasteiger partial charge is 0.506 e. The third-order valence-electron chi connectivity index (χ3n) is 1.96. The summed E-state index contributed by atoms with van der Waals surface area (Å²) in [5, 5.41) is 9.32. The Hall–Kier alpha value is -1.46. The average Bonchev–Trinajstić information content (AvgIpc) is 2.29. The van der Waals surface area contributed by atoms with Crippen molar-refractivity contribution in [2.45, 2.75) is 0 Å². The van der Waals surface area contributed by atoms with E-state index in [1.165, 1.54) is 6.07 Å². The summed E-state index contributed by atoms with van der Waals surface area (Å²) in [6, 6.07) is 4.88. The second-order valence-electron chi connectivity index (χ2n) is 3.14. The lowest BCUT2D eigenvalue weighted by Gasteiger charge is -2.09. The summed E-state index contributed by atoms with van der Waals surface area (Å²) in [6.45, 7) is 1.94. The van der Waals surface area contributed by atoms with E-state index >= 15 is 0 Å². The Kier molecular flexibility index (Phi) is 5.45. The van der Waals surface area contributed by atoms with E-state index in [1.807, 2.05) is 0 Å². The van der Waals surface area contributed by atoms with Crippen molar-refractivity contribution in [3.63, 3.8) is 0 Å². The molecule has 0 radical (unpaired) electrons. The fraction of sp³-hybridized carbons (Fsp3) is 0.455. The second kappa shape index (κ2) is 6.92.